The van der Waals surface area contributed by atoms with Crippen LogP contribution in [0.15, 0.2) is 12.3 Å². The maximum Gasteiger partial charge on any atom is 0.257 e. The molecule has 0 bridgehead atoms. The molecule has 0 unspecified atom stereocenters. The van der Waals surface area contributed by atoms with Crippen molar-refractivity contribution in [2.75, 3.05) is 39.8 Å². The molecule has 2 rings (SSSR count). The largest absolute Gasteiger partial charge is 0.358 e. The number of pyridine rings is 1. The first-order chi connectivity index (χ1) is 10.0. The number of carbonyl (C=O) groups excluding carboxylic acids is 2. The molecule has 1 aliphatic heterocycles. The Morgan fingerprint density at radius 3 is 2.57 bits per heavy atom. The van der Waals surface area contributed by atoms with E-state index in [1.54, 1.807) is 18.0 Å². The number of carbonyl (C=O) groups is 2. The minimum atomic E-state index is -0.105. The van der Waals surface area contributed by atoms with Crippen LogP contribution in [0.3, 0.4) is 0 Å². The summed E-state index contributed by atoms with van der Waals surface area (Å²) in [6.07, 6.45) is 1.52. The van der Waals surface area contributed by atoms with Gasteiger partial charge in [-0.05, 0) is 13.0 Å². The minimum absolute atomic E-state index is 0.0134. The summed E-state index contributed by atoms with van der Waals surface area (Å²) in [7, 11) is 1.62. The van der Waals surface area contributed by atoms with Crippen molar-refractivity contribution in [3.8, 4) is 0 Å². The van der Waals surface area contributed by atoms with Crippen molar-refractivity contribution >= 4 is 23.4 Å². The molecular weight excluding hydrogens is 292 g/mol. The Kier molecular flexibility index (Phi) is 5.14. The molecule has 6 nitrogen and oxygen atoms in total. The van der Waals surface area contributed by atoms with Crippen LogP contribution >= 0.6 is 11.6 Å². The van der Waals surface area contributed by atoms with Gasteiger partial charge in [-0.15, -0.1) is 0 Å². The first kappa shape index (κ1) is 15.7. The Hall–Kier alpha value is -1.66. The van der Waals surface area contributed by atoms with E-state index >= 15 is 0 Å². The lowest BCUT2D eigenvalue weighted by Crippen LogP contribution is -2.50. The fourth-order valence-electron chi connectivity index (χ4n) is 2.25. The zero-order valence-electron chi connectivity index (χ0n) is 12.2. The number of amides is 2. The van der Waals surface area contributed by atoms with Crippen LogP contribution in [0, 0.1) is 6.92 Å². The first-order valence-electron chi connectivity index (χ1n) is 6.85. The molecule has 0 spiro atoms. The highest BCUT2D eigenvalue weighted by Gasteiger charge is 2.24. The number of likely N-dealkylation sites (N-methyl/N-ethyl adjacent to an activating group) is 1. The maximum absolute atomic E-state index is 12.4. The molecule has 1 aliphatic rings. The summed E-state index contributed by atoms with van der Waals surface area (Å²) >= 11 is 6.11. The van der Waals surface area contributed by atoms with Crippen molar-refractivity contribution in [3.05, 3.63) is 28.5 Å². The summed E-state index contributed by atoms with van der Waals surface area (Å²) in [5, 5.41) is 3.03. The van der Waals surface area contributed by atoms with Crippen LogP contribution in [0.2, 0.25) is 5.02 Å². The van der Waals surface area contributed by atoms with Crippen LogP contribution < -0.4 is 5.32 Å². The quantitative estimate of drug-likeness (QED) is 0.885. The number of hydrogen-bond donors (Lipinski definition) is 1. The van der Waals surface area contributed by atoms with E-state index < -0.39 is 0 Å². The van der Waals surface area contributed by atoms with Gasteiger partial charge in [-0.1, -0.05) is 11.6 Å². The first-order valence-corrected chi connectivity index (χ1v) is 7.23. The van der Waals surface area contributed by atoms with Gasteiger partial charge >= 0.3 is 0 Å². The molecule has 0 atom stereocenters. The van der Waals surface area contributed by atoms with E-state index in [2.05, 4.69) is 10.3 Å². The van der Waals surface area contributed by atoms with Gasteiger partial charge in [-0.2, -0.15) is 0 Å². The summed E-state index contributed by atoms with van der Waals surface area (Å²) < 4.78 is 0. The second-order valence-corrected chi connectivity index (χ2v) is 5.45. The normalized spacial score (nSPS) is 15.9. The van der Waals surface area contributed by atoms with Crippen LogP contribution in [0.1, 0.15) is 16.1 Å². The molecule has 1 saturated heterocycles. The van der Waals surface area contributed by atoms with Crippen molar-refractivity contribution in [3.63, 3.8) is 0 Å². The van der Waals surface area contributed by atoms with Gasteiger partial charge in [0.2, 0.25) is 5.91 Å². The molecule has 7 heteroatoms. The number of halogens is 1. The van der Waals surface area contributed by atoms with Crippen molar-refractivity contribution < 1.29 is 9.59 Å². The Morgan fingerprint density at radius 2 is 2.00 bits per heavy atom. The Balaban J connectivity index is 1.95. The molecule has 21 heavy (non-hydrogen) atoms. The van der Waals surface area contributed by atoms with Gasteiger partial charge in [0, 0.05) is 45.1 Å². The summed E-state index contributed by atoms with van der Waals surface area (Å²) in [5.41, 5.74) is 1.22. The number of rotatable bonds is 3. The van der Waals surface area contributed by atoms with E-state index in [4.69, 9.17) is 11.6 Å². The Morgan fingerprint density at radius 1 is 1.33 bits per heavy atom. The van der Waals surface area contributed by atoms with Crippen molar-refractivity contribution in [2.45, 2.75) is 6.92 Å². The molecule has 114 valence electrons. The van der Waals surface area contributed by atoms with Crippen LogP contribution in [-0.4, -0.2) is 66.4 Å². The smallest absolute Gasteiger partial charge is 0.257 e. The molecule has 0 aromatic carbocycles. The summed E-state index contributed by atoms with van der Waals surface area (Å²) in [6, 6.07) is 1.69. The van der Waals surface area contributed by atoms with Gasteiger partial charge in [0.1, 0.15) is 0 Å². The van der Waals surface area contributed by atoms with Gasteiger partial charge in [0.15, 0.2) is 0 Å². The molecule has 2 heterocycles. The summed E-state index contributed by atoms with van der Waals surface area (Å²) in [4.78, 5) is 31.7. The third-order valence-electron chi connectivity index (χ3n) is 3.53. The van der Waals surface area contributed by atoms with Gasteiger partial charge < -0.3 is 10.2 Å². The second kappa shape index (κ2) is 6.87. The van der Waals surface area contributed by atoms with Crippen molar-refractivity contribution in [1.29, 1.82) is 0 Å². The lowest BCUT2D eigenvalue weighted by molar-refractivity contribution is -0.122. The standard InChI is InChI=1S/C14H19ClN4O2/c1-10-7-12(15)11(8-17-10)14(21)19-5-3-18(4-6-19)9-13(20)16-2/h7-8H,3-6,9H2,1-2H3,(H,16,20). The maximum atomic E-state index is 12.4. The molecule has 1 aromatic heterocycles. The SMILES string of the molecule is CNC(=O)CN1CCN(C(=O)c2cnc(C)cc2Cl)CC1. The van der Waals surface area contributed by atoms with E-state index in [0.29, 0.717) is 43.3 Å². The monoisotopic (exact) mass is 310 g/mol. The van der Waals surface area contributed by atoms with E-state index in [1.807, 2.05) is 11.8 Å². The zero-order chi connectivity index (χ0) is 15.4. The van der Waals surface area contributed by atoms with Crippen LogP contribution in [0.25, 0.3) is 0 Å². The third-order valence-corrected chi connectivity index (χ3v) is 3.84. The average molecular weight is 311 g/mol. The Labute approximate surface area is 129 Å². The number of nitrogens with one attached hydrogen (secondary N) is 1. The lowest BCUT2D eigenvalue weighted by Gasteiger charge is -2.34. The number of aryl methyl sites for hydroxylation is 1. The summed E-state index contributed by atoms with van der Waals surface area (Å²) in [6.45, 7) is 4.72. The highest BCUT2D eigenvalue weighted by molar-refractivity contribution is 6.33. The van der Waals surface area contributed by atoms with E-state index in [1.165, 1.54) is 6.20 Å². The lowest BCUT2D eigenvalue weighted by atomic mass is 10.2. The molecule has 0 radical (unpaired) electrons. The van der Waals surface area contributed by atoms with Gasteiger partial charge in [-0.25, -0.2) is 0 Å². The van der Waals surface area contributed by atoms with Crippen LogP contribution in [-0.2, 0) is 4.79 Å². The molecule has 1 aromatic rings. The molecule has 1 N–H and O–H groups in total. The topological polar surface area (TPSA) is 65.5 Å². The molecule has 0 aliphatic carbocycles. The van der Waals surface area contributed by atoms with E-state index in [0.717, 1.165) is 5.69 Å². The minimum Gasteiger partial charge on any atom is -0.358 e. The van der Waals surface area contributed by atoms with Gasteiger partial charge in [0.05, 0.1) is 17.1 Å². The predicted octanol–water partition coefficient (Wildman–Crippen LogP) is 0.547. The number of piperazine rings is 1. The fraction of sp³-hybridized carbons (Fsp3) is 0.500. The molecule has 2 amide bonds. The highest BCUT2D eigenvalue weighted by atomic mass is 35.5. The van der Waals surface area contributed by atoms with E-state index in [-0.39, 0.29) is 11.8 Å². The number of aromatic nitrogens is 1. The Bertz CT molecular complexity index is 542. The van der Waals surface area contributed by atoms with Gasteiger partial charge in [0.25, 0.3) is 5.91 Å². The van der Waals surface area contributed by atoms with Gasteiger partial charge in [-0.3, -0.25) is 19.5 Å². The second-order valence-electron chi connectivity index (χ2n) is 5.05. The predicted molar refractivity (Wildman–Crippen MR) is 80.4 cm³/mol. The molecule has 0 saturated carbocycles. The van der Waals surface area contributed by atoms with E-state index in [9.17, 15) is 9.59 Å². The van der Waals surface area contributed by atoms with Crippen LogP contribution in [0.4, 0.5) is 0 Å². The molecule has 1 fully saturated rings. The van der Waals surface area contributed by atoms with Crippen LogP contribution in [0.5, 0.6) is 0 Å². The van der Waals surface area contributed by atoms with Crippen molar-refractivity contribution in [1.82, 2.24) is 20.1 Å². The number of nitrogens with zero attached hydrogens (tertiary/aromatic N) is 3. The zero-order valence-corrected chi connectivity index (χ0v) is 13.0. The fourth-order valence-corrected chi connectivity index (χ4v) is 2.53. The summed E-state index contributed by atoms with van der Waals surface area (Å²) in [5.74, 6) is -0.118. The number of hydrogen-bond acceptors (Lipinski definition) is 4. The van der Waals surface area contributed by atoms with Crippen molar-refractivity contribution in [2.24, 2.45) is 0 Å². The average Bonchev–Trinajstić information content (AvgIpc) is 2.47. The highest BCUT2D eigenvalue weighted by Crippen LogP contribution is 2.18. The molecular formula is C14H19ClN4O2. The third kappa shape index (κ3) is 3.92.